The van der Waals surface area contributed by atoms with Crippen LogP contribution in [0.4, 0.5) is 18.9 Å². The number of rotatable bonds is 3. The van der Waals surface area contributed by atoms with Crippen LogP contribution in [0.15, 0.2) is 36.4 Å². The van der Waals surface area contributed by atoms with Gasteiger partial charge in [0, 0.05) is 30.3 Å². The molecule has 0 aromatic heterocycles. The highest BCUT2D eigenvalue weighted by Crippen LogP contribution is 2.55. The van der Waals surface area contributed by atoms with Gasteiger partial charge in [-0.05, 0) is 24.1 Å². The Balaban J connectivity index is 1.56. The number of carbonyl (C=O) groups is 1. The van der Waals surface area contributed by atoms with Gasteiger partial charge in [-0.25, -0.2) is 0 Å². The molecule has 5 nitrogen and oxygen atoms in total. The summed E-state index contributed by atoms with van der Waals surface area (Å²) in [5.41, 5.74) is 0.950. The van der Waals surface area contributed by atoms with E-state index in [1.807, 2.05) is 12.1 Å². The minimum atomic E-state index is -4.25. The summed E-state index contributed by atoms with van der Waals surface area (Å²) in [6.45, 7) is 0.188. The molecule has 8 heteroatoms. The molecule has 2 aromatic rings. The summed E-state index contributed by atoms with van der Waals surface area (Å²) in [6, 6.07) is 10.6. The summed E-state index contributed by atoms with van der Waals surface area (Å²) in [6.07, 6.45) is -5.34. The van der Waals surface area contributed by atoms with Gasteiger partial charge in [-0.3, -0.25) is 4.79 Å². The number of halogens is 3. The zero-order valence-electron chi connectivity index (χ0n) is 14.7. The average molecular weight is 391 g/mol. The van der Waals surface area contributed by atoms with Gasteiger partial charge >= 0.3 is 6.18 Å². The fourth-order valence-electron chi connectivity index (χ4n) is 4.22. The van der Waals surface area contributed by atoms with E-state index < -0.39 is 18.0 Å². The molecule has 3 heterocycles. The minimum absolute atomic E-state index is 0.00298. The van der Waals surface area contributed by atoms with Gasteiger partial charge in [-0.1, -0.05) is 18.2 Å². The van der Waals surface area contributed by atoms with Crippen molar-refractivity contribution in [3.63, 3.8) is 0 Å². The number of para-hydroxylation sites is 1. The van der Waals surface area contributed by atoms with Crippen LogP contribution in [-0.4, -0.2) is 32.0 Å². The van der Waals surface area contributed by atoms with E-state index in [0.29, 0.717) is 28.5 Å². The molecule has 2 aromatic carbocycles. The smallest absolute Gasteiger partial charge is 0.389 e. The van der Waals surface area contributed by atoms with Crippen LogP contribution in [0.2, 0.25) is 0 Å². The number of fused-ring (bicyclic) bond motifs is 5. The summed E-state index contributed by atoms with van der Waals surface area (Å²) in [5.74, 6) is 1.35. The fraction of sp³-hybridized carbons (Fsp3) is 0.350. The Bertz CT molecular complexity index is 974. The van der Waals surface area contributed by atoms with Crippen LogP contribution in [0, 0.1) is 0 Å². The first-order valence-corrected chi connectivity index (χ1v) is 8.95. The number of hydrogen-bond donors (Lipinski definition) is 0. The molecule has 146 valence electrons. The first-order chi connectivity index (χ1) is 13.4. The van der Waals surface area contributed by atoms with Crippen molar-refractivity contribution >= 4 is 11.6 Å². The highest BCUT2D eigenvalue weighted by atomic mass is 19.4. The summed E-state index contributed by atoms with van der Waals surface area (Å²) in [5, 5.41) is 0. The van der Waals surface area contributed by atoms with Crippen LogP contribution in [0.25, 0.3) is 0 Å². The topological polar surface area (TPSA) is 48.0 Å². The van der Waals surface area contributed by atoms with Gasteiger partial charge in [-0.2, -0.15) is 13.2 Å². The van der Waals surface area contributed by atoms with Gasteiger partial charge in [0.05, 0.1) is 0 Å². The van der Waals surface area contributed by atoms with Gasteiger partial charge in [0.2, 0.25) is 12.7 Å². The third-order valence-corrected chi connectivity index (χ3v) is 5.49. The van der Waals surface area contributed by atoms with E-state index in [2.05, 4.69) is 0 Å². The molecule has 0 saturated heterocycles. The van der Waals surface area contributed by atoms with Crippen LogP contribution in [0.1, 0.15) is 24.0 Å². The van der Waals surface area contributed by atoms with E-state index in [1.165, 1.54) is 4.90 Å². The number of ether oxygens (including phenoxy) is 3. The first-order valence-electron chi connectivity index (χ1n) is 8.95. The van der Waals surface area contributed by atoms with Gasteiger partial charge in [-0.15, -0.1) is 0 Å². The third-order valence-electron chi connectivity index (χ3n) is 5.49. The zero-order valence-corrected chi connectivity index (χ0v) is 14.7. The predicted octanol–water partition coefficient (Wildman–Crippen LogP) is 3.78. The number of hydrogen-bond acceptors (Lipinski definition) is 4. The Hall–Kier alpha value is -2.90. The normalized spacial score (nSPS) is 21.8. The number of nitrogens with zero attached hydrogens (tertiary/aromatic N) is 1. The maximum absolute atomic E-state index is 13.5. The Labute approximate surface area is 158 Å². The largest absolute Gasteiger partial charge is 0.491 e. The molecule has 3 aliphatic heterocycles. The minimum Gasteiger partial charge on any atom is -0.491 e. The van der Waals surface area contributed by atoms with E-state index in [4.69, 9.17) is 14.2 Å². The molecule has 0 radical (unpaired) electrons. The molecular formula is C20H16F3NO4. The van der Waals surface area contributed by atoms with Crippen molar-refractivity contribution in [1.82, 2.24) is 0 Å². The molecule has 1 atom stereocenters. The molecule has 1 amide bonds. The number of anilines is 1. The van der Waals surface area contributed by atoms with Gasteiger partial charge in [0.1, 0.15) is 17.8 Å². The van der Waals surface area contributed by atoms with E-state index in [9.17, 15) is 18.0 Å². The number of carbonyl (C=O) groups excluding carboxylic acids is 1. The lowest BCUT2D eigenvalue weighted by Crippen LogP contribution is -2.43. The predicted molar refractivity (Wildman–Crippen MR) is 92.9 cm³/mol. The van der Waals surface area contributed by atoms with Crippen LogP contribution >= 0.6 is 0 Å². The van der Waals surface area contributed by atoms with Crippen LogP contribution in [0.5, 0.6) is 17.2 Å². The highest BCUT2D eigenvalue weighted by Gasteiger charge is 2.57. The molecule has 0 N–H and O–H groups in total. The number of benzene rings is 2. The van der Waals surface area contributed by atoms with Crippen molar-refractivity contribution in [1.29, 1.82) is 0 Å². The van der Waals surface area contributed by atoms with E-state index in [1.54, 1.807) is 24.3 Å². The summed E-state index contributed by atoms with van der Waals surface area (Å²) in [7, 11) is 0. The van der Waals surface area contributed by atoms with Gasteiger partial charge < -0.3 is 19.1 Å². The number of amides is 1. The number of alkyl halides is 3. The maximum Gasteiger partial charge on any atom is 0.389 e. The van der Waals surface area contributed by atoms with Crippen molar-refractivity contribution in [3.8, 4) is 17.2 Å². The molecule has 1 unspecified atom stereocenters. The molecule has 0 bridgehead atoms. The van der Waals surface area contributed by atoms with Gasteiger partial charge in [0.15, 0.2) is 11.5 Å². The van der Waals surface area contributed by atoms with Crippen molar-refractivity contribution in [2.45, 2.75) is 24.4 Å². The molecule has 1 spiro atoms. The quantitative estimate of drug-likeness (QED) is 0.799. The molecule has 0 aliphatic carbocycles. The Morgan fingerprint density at radius 1 is 1.00 bits per heavy atom. The monoisotopic (exact) mass is 391 g/mol. The van der Waals surface area contributed by atoms with Crippen molar-refractivity contribution in [3.05, 3.63) is 47.5 Å². The van der Waals surface area contributed by atoms with Crippen molar-refractivity contribution < 1.29 is 32.2 Å². The Morgan fingerprint density at radius 3 is 2.54 bits per heavy atom. The second-order valence-corrected chi connectivity index (χ2v) is 7.09. The second-order valence-electron chi connectivity index (χ2n) is 7.09. The lowest BCUT2D eigenvalue weighted by atomic mass is 9.77. The zero-order chi connectivity index (χ0) is 19.5. The molecule has 3 aliphatic rings. The van der Waals surface area contributed by atoms with Crippen LogP contribution in [-0.2, 0) is 10.2 Å². The molecule has 5 rings (SSSR count). The third kappa shape index (κ3) is 2.36. The van der Waals surface area contributed by atoms with Crippen molar-refractivity contribution in [2.24, 2.45) is 0 Å². The first kappa shape index (κ1) is 17.2. The maximum atomic E-state index is 13.5. The van der Waals surface area contributed by atoms with Crippen molar-refractivity contribution in [2.75, 3.05) is 24.8 Å². The van der Waals surface area contributed by atoms with Crippen LogP contribution in [0.3, 0.4) is 0 Å². The van der Waals surface area contributed by atoms with Gasteiger partial charge in [0.25, 0.3) is 0 Å². The van der Waals surface area contributed by atoms with E-state index in [0.717, 1.165) is 5.56 Å². The molecular weight excluding hydrogens is 375 g/mol. The summed E-state index contributed by atoms with van der Waals surface area (Å²) in [4.78, 5) is 14.9. The molecule has 0 fully saturated rings. The second kappa shape index (κ2) is 5.80. The lowest BCUT2D eigenvalue weighted by Gasteiger charge is -2.23. The summed E-state index contributed by atoms with van der Waals surface area (Å²) < 4.78 is 54.4. The lowest BCUT2D eigenvalue weighted by molar-refractivity contribution is -0.135. The Kier molecular flexibility index (Phi) is 3.56. The Morgan fingerprint density at radius 2 is 1.75 bits per heavy atom. The highest BCUT2D eigenvalue weighted by molar-refractivity contribution is 6.11. The van der Waals surface area contributed by atoms with Crippen LogP contribution < -0.4 is 19.1 Å². The molecule has 28 heavy (non-hydrogen) atoms. The average Bonchev–Trinajstić information content (AvgIpc) is 3.32. The van der Waals surface area contributed by atoms with E-state index in [-0.39, 0.29) is 32.3 Å². The molecule has 0 saturated carbocycles. The fourth-order valence-corrected chi connectivity index (χ4v) is 4.22. The standard InChI is InChI=1S/C20H16F3NO4/c21-20(22,23)6-3-7-24-14-5-2-1-4-12(14)19(18(24)25)10-26-15-9-17-16(8-13(15)19)27-11-28-17/h1-2,4-5,8-9H,3,6-7,10-11H2. The SMILES string of the molecule is O=C1N(CCCC(F)(F)F)c2ccccc2C12COc1cc3c(cc12)OCO3. The summed E-state index contributed by atoms with van der Waals surface area (Å²) >= 11 is 0. The van der Waals surface area contributed by atoms with E-state index >= 15 is 0 Å².